The number of hydrogen-bond donors (Lipinski definition) is 1. The maximum Gasteiger partial charge on any atom is 0.248 e. The lowest BCUT2D eigenvalue weighted by Gasteiger charge is -2.35. The fraction of sp³-hybridized carbons (Fsp3) is 0.333. The van der Waals surface area contributed by atoms with Crippen molar-refractivity contribution in [3.63, 3.8) is 0 Å². The van der Waals surface area contributed by atoms with Crippen molar-refractivity contribution in [2.75, 3.05) is 10.7 Å². The number of rotatable bonds is 1. The van der Waals surface area contributed by atoms with Gasteiger partial charge >= 0.3 is 0 Å². The fourth-order valence-electron chi connectivity index (χ4n) is 2.25. The van der Waals surface area contributed by atoms with Crippen molar-refractivity contribution >= 4 is 40.7 Å². The van der Waals surface area contributed by atoms with E-state index in [2.05, 4.69) is 5.32 Å². The molecule has 3 rings (SSSR count). The molecule has 1 aromatic carbocycles. The lowest BCUT2D eigenvalue weighted by Crippen LogP contribution is -2.60. The van der Waals surface area contributed by atoms with Crippen LogP contribution in [0.3, 0.4) is 0 Å². The van der Waals surface area contributed by atoms with Gasteiger partial charge in [-0.15, -0.1) is 11.8 Å². The van der Waals surface area contributed by atoms with E-state index in [1.54, 1.807) is 16.7 Å². The Morgan fingerprint density at radius 1 is 1.35 bits per heavy atom. The van der Waals surface area contributed by atoms with Gasteiger partial charge in [-0.3, -0.25) is 9.69 Å². The molecule has 1 amide bonds. The van der Waals surface area contributed by atoms with Crippen molar-refractivity contribution in [3.05, 3.63) is 30.3 Å². The first-order valence-electron chi connectivity index (χ1n) is 5.58. The molecule has 2 aliphatic heterocycles. The van der Waals surface area contributed by atoms with Gasteiger partial charge in [0.2, 0.25) is 5.91 Å². The lowest BCUT2D eigenvalue weighted by atomic mass is 10.1. The zero-order valence-electron chi connectivity index (χ0n) is 9.13. The normalized spacial score (nSPS) is 27.9. The van der Waals surface area contributed by atoms with Gasteiger partial charge in [-0.05, 0) is 36.5 Å². The molecule has 88 valence electrons. The van der Waals surface area contributed by atoms with Gasteiger partial charge in [0, 0.05) is 6.04 Å². The molecule has 0 spiro atoms. The first kappa shape index (κ1) is 11.0. The highest BCUT2D eigenvalue weighted by Gasteiger charge is 2.42. The summed E-state index contributed by atoms with van der Waals surface area (Å²) < 4.78 is 0. The van der Waals surface area contributed by atoms with Crippen LogP contribution in [0.2, 0.25) is 0 Å². The summed E-state index contributed by atoms with van der Waals surface area (Å²) in [5.74, 6) is 1.15. The van der Waals surface area contributed by atoms with Gasteiger partial charge in [0.25, 0.3) is 0 Å². The van der Waals surface area contributed by atoms with E-state index >= 15 is 0 Å². The third-order valence-corrected chi connectivity index (χ3v) is 4.74. The molecular weight excluding hydrogens is 252 g/mol. The molecule has 2 heterocycles. The Kier molecular flexibility index (Phi) is 2.80. The van der Waals surface area contributed by atoms with Crippen LogP contribution in [0, 0.1) is 0 Å². The molecule has 2 fully saturated rings. The second-order valence-electron chi connectivity index (χ2n) is 4.15. The van der Waals surface area contributed by atoms with Crippen LogP contribution in [0.5, 0.6) is 0 Å². The van der Waals surface area contributed by atoms with Crippen molar-refractivity contribution in [2.45, 2.75) is 17.7 Å². The number of thiocarbonyl (C=S) groups is 1. The highest BCUT2D eigenvalue weighted by atomic mass is 32.2. The number of para-hydroxylation sites is 1. The molecule has 2 saturated heterocycles. The van der Waals surface area contributed by atoms with Crippen LogP contribution >= 0.6 is 24.0 Å². The molecule has 0 radical (unpaired) electrons. The van der Waals surface area contributed by atoms with Crippen molar-refractivity contribution in [2.24, 2.45) is 0 Å². The maximum atomic E-state index is 12.4. The topological polar surface area (TPSA) is 32.3 Å². The molecule has 0 bridgehead atoms. The van der Waals surface area contributed by atoms with E-state index in [0.717, 1.165) is 17.9 Å². The number of carbonyl (C=O) groups excluding carboxylic acids is 1. The lowest BCUT2D eigenvalue weighted by molar-refractivity contribution is -0.117. The van der Waals surface area contributed by atoms with Crippen LogP contribution < -0.4 is 10.2 Å². The van der Waals surface area contributed by atoms with Crippen LogP contribution in [0.15, 0.2) is 30.3 Å². The summed E-state index contributed by atoms with van der Waals surface area (Å²) in [5, 5.41) is 3.82. The molecule has 1 aromatic rings. The quantitative estimate of drug-likeness (QED) is 0.784. The molecule has 2 atom stereocenters. The molecule has 5 heteroatoms. The Labute approximate surface area is 110 Å². The smallest absolute Gasteiger partial charge is 0.248 e. The predicted octanol–water partition coefficient (Wildman–Crippen LogP) is 1.78. The van der Waals surface area contributed by atoms with Gasteiger partial charge in [-0.1, -0.05) is 18.2 Å². The second kappa shape index (κ2) is 4.31. The Morgan fingerprint density at radius 2 is 2.12 bits per heavy atom. The number of hydrogen-bond acceptors (Lipinski definition) is 3. The van der Waals surface area contributed by atoms with Crippen molar-refractivity contribution < 1.29 is 4.79 Å². The number of thioether (sulfide) groups is 1. The van der Waals surface area contributed by atoms with Crippen LogP contribution in [-0.4, -0.2) is 28.1 Å². The van der Waals surface area contributed by atoms with Crippen LogP contribution in [-0.2, 0) is 4.79 Å². The summed E-state index contributed by atoms with van der Waals surface area (Å²) in [6.45, 7) is 0. The Morgan fingerprint density at radius 3 is 2.88 bits per heavy atom. The van der Waals surface area contributed by atoms with Crippen molar-refractivity contribution in [1.29, 1.82) is 0 Å². The number of carbonyl (C=O) groups is 1. The average molecular weight is 264 g/mol. The zero-order valence-corrected chi connectivity index (χ0v) is 10.8. The van der Waals surface area contributed by atoms with Gasteiger partial charge in [0.15, 0.2) is 5.11 Å². The molecule has 0 aromatic heterocycles. The first-order chi connectivity index (χ1) is 8.27. The largest absolute Gasteiger partial charge is 0.358 e. The van der Waals surface area contributed by atoms with Crippen LogP contribution in [0.25, 0.3) is 0 Å². The summed E-state index contributed by atoms with van der Waals surface area (Å²) in [6, 6.07) is 9.80. The number of amides is 1. The van der Waals surface area contributed by atoms with E-state index in [0.29, 0.717) is 5.11 Å². The number of anilines is 1. The van der Waals surface area contributed by atoms with Gasteiger partial charge in [-0.25, -0.2) is 0 Å². The minimum Gasteiger partial charge on any atom is -0.358 e. The molecule has 2 unspecified atom stereocenters. The highest BCUT2D eigenvalue weighted by molar-refractivity contribution is 8.01. The second-order valence-corrected chi connectivity index (χ2v) is 5.78. The van der Waals surface area contributed by atoms with Gasteiger partial charge in [0.05, 0.1) is 5.69 Å². The predicted molar refractivity (Wildman–Crippen MR) is 74.3 cm³/mol. The van der Waals surface area contributed by atoms with E-state index in [-0.39, 0.29) is 17.2 Å². The van der Waals surface area contributed by atoms with E-state index in [1.165, 1.54) is 0 Å². The summed E-state index contributed by atoms with van der Waals surface area (Å²) in [5.41, 5.74) is 0.848. The molecule has 3 nitrogen and oxygen atoms in total. The first-order valence-corrected chi connectivity index (χ1v) is 7.04. The summed E-state index contributed by atoms with van der Waals surface area (Å²) in [6.07, 6.45) is 1.02. The highest BCUT2D eigenvalue weighted by Crippen LogP contribution is 2.33. The summed E-state index contributed by atoms with van der Waals surface area (Å²) in [4.78, 5) is 14.0. The Balaban J connectivity index is 1.94. The molecule has 0 aliphatic carbocycles. The number of nitrogens with zero attached hydrogens (tertiary/aromatic N) is 1. The summed E-state index contributed by atoms with van der Waals surface area (Å²) >= 11 is 7.02. The van der Waals surface area contributed by atoms with Crippen LogP contribution in [0.1, 0.15) is 6.42 Å². The van der Waals surface area contributed by atoms with E-state index in [1.807, 2.05) is 30.3 Å². The minimum absolute atomic E-state index is 0.0157. The van der Waals surface area contributed by atoms with E-state index in [4.69, 9.17) is 12.2 Å². The van der Waals surface area contributed by atoms with Gasteiger partial charge in [-0.2, -0.15) is 0 Å². The number of fused-ring (bicyclic) bond motifs is 1. The van der Waals surface area contributed by atoms with Gasteiger partial charge in [0.1, 0.15) is 5.25 Å². The van der Waals surface area contributed by atoms with Crippen LogP contribution in [0.4, 0.5) is 5.69 Å². The third-order valence-electron chi connectivity index (χ3n) is 3.08. The molecule has 17 heavy (non-hydrogen) atoms. The minimum atomic E-state index is 0.0157. The zero-order chi connectivity index (χ0) is 11.8. The molecule has 0 saturated carbocycles. The fourth-order valence-corrected chi connectivity index (χ4v) is 3.93. The monoisotopic (exact) mass is 264 g/mol. The molecule has 2 aliphatic rings. The summed E-state index contributed by atoms with van der Waals surface area (Å²) in [7, 11) is 0. The van der Waals surface area contributed by atoms with Gasteiger partial charge < -0.3 is 5.32 Å². The molecule has 1 N–H and O–H groups in total. The Bertz CT molecular complexity index is 463. The SMILES string of the molecule is O=C1C2SCCC2NC(=S)N1c1ccccc1. The average Bonchev–Trinajstić information content (AvgIpc) is 2.78. The third kappa shape index (κ3) is 1.83. The van der Waals surface area contributed by atoms with Crippen molar-refractivity contribution in [1.82, 2.24) is 5.32 Å². The number of benzene rings is 1. The number of nitrogens with one attached hydrogen (secondary N) is 1. The Hall–Kier alpha value is -1.07. The maximum absolute atomic E-state index is 12.4. The molecular formula is C12H12N2OS2. The van der Waals surface area contributed by atoms with E-state index < -0.39 is 0 Å². The van der Waals surface area contributed by atoms with Crippen molar-refractivity contribution in [3.8, 4) is 0 Å². The standard InChI is InChI=1S/C12H12N2OS2/c15-11-10-9(6-7-17-10)13-12(16)14(11)8-4-2-1-3-5-8/h1-5,9-10H,6-7H2,(H,13,16). The van der Waals surface area contributed by atoms with E-state index in [9.17, 15) is 4.79 Å².